The number of ether oxygens (including phenoxy) is 3. The number of esters is 1. The predicted octanol–water partition coefficient (Wildman–Crippen LogP) is 3.22. The Morgan fingerprint density at radius 2 is 1.87 bits per heavy atom. The molecule has 4 rings (SSSR count). The van der Waals surface area contributed by atoms with Gasteiger partial charge in [0.1, 0.15) is 17.0 Å². The van der Waals surface area contributed by atoms with Crippen molar-refractivity contribution in [1.82, 2.24) is 9.88 Å². The average Bonchev–Trinajstić information content (AvgIpc) is 3.32. The van der Waals surface area contributed by atoms with Gasteiger partial charge in [0.05, 0.1) is 20.8 Å². The van der Waals surface area contributed by atoms with Crippen LogP contribution in [-0.4, -0.2) is 54.7 Å². The van der Waals surface area contributed by atoms with Gasteiger partial charge >= 0.3 is 5.97 Å². The van der Waals surface area contributed by atoms with Crippen molar-refractivity contribution in [2.24, 2.45) is 0 Å². The van der Waals surface area contributed by atoms with Crippen molar-refractivity contribution >= 4 is 22.8 Å². The molecule has 7 heteroatoms. The fourth-order valence-corrected chi connectivity index (χ4v) is 3.95. The van der Waals surface area contributed by atoms with E-state index in [0.29, 0.717) is 24.3 Å². The first-order chi connectivity index (χ1) is 15.1. The number of aromatic nitrogens is 1. The molecule has 3 aromatic rings. The van der Waals surface area contributed by atoms with Crippen molar-refractivity contribution in [1.29, 1.82) is 0 Å². The van der Waals surface area contributed by atoms with Crippen molar-refractivity contribution in [3.63, 3.8) is 0 Å². The topological polar surface area (TPSA) is 78.0 Å². The molecule has 0 bridgehead atoms. The highest BCUT2D eigenvalue weighted by atomic mass is 16.5. The van der Waals surface area contributed by atoms with Gasteiger partial charge in [-0.25, -0.2) is 9.78 Å². The molecule has 1 aliphatic heterocycles. The number of hydrogen-bond donors (Lipinski definition) is 0. The summed E-state index contributed by atoms with van der Waals surface area (Å²) in [6.07, 6.45) is 0.356. The Morgan fingerprint density at radius 1 is 1.06 bits per heavy atom. The predicted molar refractivity (Wildman–Crippen MR) is 115 cm³/mol. The molecule has 0 aliphatic carbocycles. The maximum Gasteiger partial charge on any atom is 0.334 e. The monoisotopic (exact) mass is 420 g/mol. The summed E-state index contributed by atoms with van der Waals surface area (Å²) in [5.41, 5.74) is 0.497. The first-order valence-corrected chi connectivity index (χ1v) is 10.0. The Morgan fingerprint density at radius 3 is 2.55 bits per heavy atom. The van der Waals surface area contributed by atoms with E-state index in [-0.39, 0.29) is 24.8 Å². The van der Waals surface area contributed by atoms with E-state index >= 15 is 0 Å². The molecule has 1 fully saturated rings. The third-order valence-corrected chi connectivity index (χ3v) is 5.63. The van der Waals surface area contributed by atoms with E-state index in [4.69, 9.17) is 14.2 Å². The molecular formula is C24H24N2O5. The number of amides is 1. The van der Waals surface area contributed by atoms with E-state index in [1.54, 1.807) is 19.2 Å². The van der Waals surface area contributed by atoms with Crippen LogP contribution in [0.3, 0.4) is 0 Å². The highest BCUT2D eigenvalue weighted by molar-refractivity contribution is 5.99. The number of rotatable bonds is 6. The van der Waals surface area contributed by atoms with Gasteiger partial charge < -0.3 is 19.1 Å². The summed E-state index contributed by atoms with van der Waals surface area (Å²) in [6, 6.07) is 18.6. The van der Waals surface area contributed by atoms with E-state index < -0.39 is 11.5 Å². The number of carbonyl (C=O) groups excluding carboxylic acids is 2. The van der Waals surface area contributed by atoms with Crippen LogP contribution in [0.25, 0.3) is 10.9 Å². The van der Waals surface area contributed by atoms with Gasteiger partial charge in [0, 0.05) is 25.0 Å². The molecule has 2 aromatic carbocycles. The van der Waals surface area contributed by atoms with Crippen LogP contribution in [0.2, 0.25) is 0 Å². The van der Waals surface area contributed by atoms with E-state index in [1.165, 1.54) is 12.0 Å². The summed E-state index contributed by atoms with van der Waals surface area (Å²) in [7, 11) is 2.89. The van der Waals surface area contributed by atoms with Crippen molar-refractivity contribution in [2.45, 2.75) is 18.5 Å². The lowest BCUT2D eigenvalue weighted by atomic mass is 9.94. The fourth-order valence-electron chi connectivity index (χ4n) is 3.95. The lowest BCUT2D eigenvalue weighted by Gasteiger charge is -2.37. The van der Waals surface area contributed by atoms with Crippen molar-refractivity contribution in [3.05, 3.63) is 71.9 Å². The number of nitrogens with zero attached hydrogens (tertiary/aromatic N) is 2. The third kappa shape index (κ3) is 3.84. The largest absolute Gasteiger partial charge is 0.494 e. The zero-order chi connectivity index (χ0) is 21.8. The van der Waals surface area contributed by atoms with Gasteiger partial charge in [-0.2, -0.15) is 0 Å². The second-order valence-electron chi connectivity index (χ2n) is 7.43. The molecule has 0 spiro atoms. The Hall–Kier alpha value is -3.45. The number of methoxy groups -OCH3 is 2. The fraction of sp³-hybridized carbons (Fsp3) is 0.292. The van der Waals surface area contributed by atoms with Crippen LogP contribution >= 0.6 is 0 Å². The third-order valence-electron chi connectivity index (χ3n) is 5.63. The molecular weight excluding hydrogens is 396 g/mol. The van der Waals surface area contributed by atoms with Crippen molar-refractivity contribution < 1.29 is 23.8 Å². The number of fused-ring (bicyclic) bond motifs is 1. The Bertz CT molecular complexity index is 1090. The molecule has 1 atom stereocenters. The van der Waals surface area contributed by atoms with Gasteiger partial charge in [-0.3, -0.25) is 4.79 Å². The molecule has 0 saturated carbocycles. The second-order valence-corrected chi connectivity index (χ2v) is 7.43. The standard InChI is InChI=1S/C24H24N2O5/c1-29-20-10-6-9-18-11-12-19(25-21(18)20)22(27)26(15-17-7-4-3-5-8-17)24(23(28)30-2)13-14-31-16-24/h3-12H,13-16H2,1-2H3. The molecule has 2 heterocycles. The minimum Gasteiger partial charge on any atom is -0.494 e. The highest BCUT2D eigenvalue weighted by Gasteiger charge is 2.51. The first kappa shape index (κ1) is 20.8. The van der Waals surface area contributed by atoms with Crippen LogP contribution in [-0.2, 0) is 20.8 Å². The smallest absolute Gasteiger partial charge is 0.334 e. The molecule has 1 amide bonds. The molecule has 1 saturated heterocycles. The van der Waals surface area contributed by atoms with Crippen LogP contribution in [0.4, 0.5) is 0 Å². The summed E-state index contributed by atoms with van der Waals surface area (Å²) in [5.74, 6) is -0.283. The zero-order valence-electron chi connectivity index (χ0n) is 17.5. The molecule has 1 aromatic heterocycles. The molecule has 0 N–H and O–H groups in total. The minimum atomic E-state index is -1.21. The number of pyridine rings is 1. The Kier molecular flexibility index (Phi) is 5.86. The van der Waals surface area contributed by atoms with Crippen LogP contribution in [0.1, 0.15) is 22.5 Å². The summed E-state index contributed by atoms with van der Waals surface area (Å²) in [5, 5.41) is 0.859. The lowest BCUT2D eigenvalue weighted by molar-refractivity contribution is -0.154. The average molecular weight is 420 g/mol. The first-order valence-electron chi connectivity index (χ1n) is 10.0. The number of benzene rings is 2. The van der Waals surface area contributed by atoms with E-state index in [1.807, 2.05) is 48.5 Å². The molecule has 31 heavy (non-hydrogen) atoms. The van der Waals surface area contributed by atoms with E-state index in [2.05, 4.69) is 4.98 Å². The Labute approximate surface area is 180 Å². The number of para-hydroxylation sites is 1. The van der Waals surface area contributed by atoms with Crippen LogP contribution in [0.15, 0.2) is 60.7 Å². The van der Waals surface area contributed by atoms with E-state index in [9.17, 15) is 9.59 Å². The normalized spacial score (nSPS) is 18.0. The molecule has 7 nitrogen and oxygen atoms in total. The van der Waals surface area contributed by atoms with E-state index in [0.717, 1.165) is 10.9 Å². The SMILES string of the molecule is COC(=O)C1(N(Cc2ccccc2)C(=O)c2ccc3cccc(OC)c3n2)CCOC1. The van der Waals surface area contributed by atoms with Gasteiger partial charge in [0.2, 0.25) is 0 Å². The number of hydrogen-bond acceptors (Lipinski definition) is 6. The van der Waals surface area contributed by atoms with Crippen LogP contribution < -0.4 is 4.74 Å². The Balaban J connectivity index is 1.80. The molecule has 160 valence electrons. The zero-order valence-corrected chi connectivity index (χ0v) is 17.5. The van der Waals surface area contributed by atoms with Gasteiger partial charge in [-0.1, -0.05) is 48.5 Å². The second kappa shape index (κ2) is 8.73. The summed E-state index contributed by atoms with van der Waals surface area (Å²) < 4.78 is 16.1. The highest BCUT2D eigenvalue weighted by Crippen LogP contribution is 2.32. The van der Waals surface area contributed by atoms with Crippen LogP contribution in [0.5, 0.6) is 5.75 Å². The van der Waals surface area contributed by atoms with Crippen LogP contribution in [0, 0.1) is 0 Å². The maximum absolute atomic E-state index is 13.8. The lowest BCUT2D eigenvalue weighted by Crippen LogP contribution is -2.58. The minimum absolute atomic E-state index is 0.0785. The van der Waals surface area contributed by atoms with Crippen molar-refractivity contribution in [2.75, 3.05) is 27.4 Å². The molecule has 1 aliphatic rings. The van der Waals surface area contributed by atoms with Gasteiger partial charge in [0.15, 0.2) is 5.54 Å². The summed E-state index contributed by atoms with van der Waals surface area (Å²) >= 11 is 0. The van der Waals surface area contributed by atoms with Crippen molar-refractivity contribution in [3.8, 4) is 5.75 Å². The maximum atomic E-state index is 13.8. The molecule has 0 radical (unpaired) electrons. The van der Waals surface area contributed by atoms with Gasteiger partial charge in [-0.15, -0.1) is 0 Å². The van der Waals surface area contributed by atoms with Gasteiger partial charge in [0.25, 0.3) is 5.91 Å². The van der Waals surface area contributed by atoms with Gasteiger partial charge in [-0.05, 0) is 17.7 Å². The molecule has 1 unspecified atom stereocenters. The number of carbonyl (C=O) groups is 2. The summed E-state index contributed by atoms with van der Waals surface area (Å²) in [4.78, 5) is 32.8. The summed E-state index contributed by atoms with van der Waals surface area (Å²) in [6.45, 7) is 0.672. The quantitative estimate of drug-likeness (QED) is 0.570.